The number of sulfonamides is 1. The van der Waals surface area contributed by atoms with Crippen LogP contribution in [-0.4, -0.2) is 25.9 Å². The lowest BCUT2D eigenvalue weighted by molar-refractivity contribution is -0.121. The Morgan fingerprint density at radius 3 is 2.27 bits per heavy atom. The highest BCUT2D eigenvalue weighted by Gasteiger charge is 2.28. The first-order valence-corrected chi connectivity index (χ1v) is 11.8. The molecule has 2 atom stereocenters. The van der Waals surface area contributed by atoms with Gasteiger partial charge in [0.15, 0.2) is 0 Å². The summed E-state index contributed by atoms with van der Waals surface area (Å²) in [5, 5.41) is 2.95. The number of nitrogens with one attached hydrogen (secondary N) is 2. The van der Waals surface area contributed by atoms with E-state index < -0.39 is 15.6 Å². The van der Waals surface area contributed by atoms with Gasteiger partial charge in [-0.1, -0.05) is 43.2 Å². The van der Waals surface area contributed by atoms with Gasteiger partial charge >= 0.3 is 0 Å². The average molecular weight is 430 g/mol. The number of hydrogen-bond donors (Lipinski definition) is 3. The summed E-state index contributed by atoms with van der Waals surface area (Å²) < 4.78 is 28.5. The number of rotatable bonds is 5. The Hall–Kier alpha value is -2.22. The maximum absolute atomic E-state index is 12.9. The summed E-state index contributed by atoms with van der Waals surface area (Å²) in [6.07, 6.45) is 3.80. The van der Waals surface area contributed by atoms with Crippen LogP contribution in [0.3, 0.4) is 0 Å². The van der Waals surface area contributed by atoms with E-state index >= 15 is 0 Å². The Kier molecular flexibility index (Phi) is 6.65. The van der Waals surface area contributed by atoms with Crippen molar-refractivity contribution in [3.63, 3.8) is 0 Å². The van der Waals surface area contributed by atoms with Crippen molar-refractivity contribution < 1.29 is 13.2 Å². The van der Waals surface area contributed by atoms with Crippen LogP contribution in [0.1, 0.15) is 46.5 Å². The van der Waals surface area contributed by atoms with E-state index in [1.807, 2.05) is 39.0 Å². The molecule has 4 N–H and O–H groups in total. The van der Waals surface area contributed by atoms with Crippen LogP contribution < -0.4 is 15.8 Å². The molecule has 0 bridgehead atoms. The fourth-order valence-electron chi connectivity index (χ4n) is 3.85. The van der Waals surface area contributed by atoms with Crippen LogP contribution in [0.25, 0.3) is 11.1 Å². The standard InChI is InChI=1S/C23H31N3O3S/c1-23(2,3)26-30(28,29)21-11-7-5-8-18(21)16-12-14-17(15-13-16)25-22(27)19-9-4-6-10-20(19)24/h5,7-8,11-15,19-20,26H,4,6,9-10,24H2,1-3H3,(H,25,27)/t19-,20-/m1/s1. The number of nitrogens with two attached hydrogens (primary N) is 1. The second-order valence-corrected chi connectivity index (χ2v) is 10.6. The Balaban J connectivity index is 1.81. The Morgan fingerprint density at radius 1 is 1.00 bits per heavy atom. The molecule has 0 aliphatic heterocycles. The molecule has 0 radical (unpaired) electrons. The lowest BCUT2D eigenvalue weighted by Gasteiger charge is -2.27. The molecule has 3 rings (SSSR count). The van der Waals surface area contributed by atoms with Gasteiger partial charge in [-0.3, -0.25) is 4.79 Å². The van der Waals surface area contributed by atoms with Crippen molar-refractivity contribution in [2.75, 3.05) is 5.32 Å². The van der Waals surface area contributed by atoms with Crippen molar-refractivity contribution in [1.29, 1.82) is 0 Å². The quantitative estimate of drug-likeness (QED) is 0.671. The van der Waals surface area contributed by atoms with E-state index in [9.17, 15) is 13.2 Å². The summed E-state index contributed by atoms with van der Waals surface area (Å²) in [6, 6.07) is 14.0. The maximum atomic E-state index is 12.9. The summed E-state index contributed by atoms with van der Waals surface area (Å²) in [5.74, 6) is -0.208. The van der Waals surface area contributed by atoms with Crippen LogP contribution in [0.4, 0.5) is 5.69 Å². The van der Waals surface area contributed by atoms with Crippen LogP contribution in [0, 0.1) is 5.92 Å². The molecule has 1 fully saturated rings. The first-order chi connectivity index (χ1) is 14.1. The molecule has 0 spiro atoms. The van der Waals surface area contributed by atoms with E-state index in [2.05, 4.69) is 10.0 Å². The van der Waals surface area contributed by atoms with Crippen LogP contribution in [0.5, 0.6) is 0 Å². The topological polar surface area (TPSA) is 101 Å². The highest BCUT2D eigenvalue weighted by Crippen LogP contribution is 2.30. The molecule has 0 saturated heterocycles. The number of amides is 1. The molecule has 1 aliphatic carbocycles. The minimum absolute atomic E-state index is 0.0488. The number of anilines is 1. The van der Waals surface area contributed by atoms with Gasteiger partial charge in [0.1, 0.15) is 0 Å². The average Bonchev–Trinajstić information content (AvgIpc) is 2.67. The highest BCUT2D eigenvalue weighted by atomic mass is 32.2. The first kappa shape index (κ1) is 22.5. The fraction of sp³-hybridized carbons (Fsp3) is 0.435. The van der Waals surface area contributed by atoms with Gasteiger partial charge in [0.2, 0.25) is 15.9 Å². The van der Waals surface area contributed by atoms with Crippen molar-refractivity contribution in [2.45, 2.75) is 62.9 Å². The summed E-state index contributed by atoms with van der Waals surface area (Å²) in [6.45, 7) is 5.43. The van der Waals surface area contributed by atoms with Crippen LogP contribution in [0.15, 0.2) is 53.4 Å². The second-order valence-electron chi connectivity index (χ2n) is 8.97. The largest absolute Gasteiger partial charge is 0.327 e. The molecule has 2 aromatic rings. The SMILES string of the molecule is CC(C)(C)NS(=O)(=O)c1ccccc1-c1ccc(NC(=O)[C@@H]2CCCC[C@H]2N)cc1. The number of hydrogen-bond acceptors (Lipinski definition) is 4. The van der Waals surface area contributed by atoms with Crippen LogP contribution in [-0.2, 0) is 14.8 Å². The Labute approximate surface area is 179 Å². The van der Waals surface area contributed by atoms with Gasteiger partial charge in [-0.2, -0.15) is 0 Å². The lowest BCUT2D eigenvalue weighted by Crippen LogP contribution is -2.40. The molecule has 6 nitrogen and oxygen atoms in total. The summed E-state index contributed by atoms with van der Waals surface area (Å²) in [5.41, 5.74) is 7.58. The minimum Gasteiger partial charge on any atom is -0.327 e. The van der Waals surface area contributed by atoms with Gasteiger partial charge in [-0.05, 0) is 57.4 Å². The molecular weight excluding hydrogens is 398 g/mol. The molecule has 1 saturated carbocycles. The highest BCUT2D eigenvalue weighted by molar-refractivity contribution is 7.89. The van der Waals surface area contributed by atoms with Gasteiger partial charge < -0.3 is 11.1 Å². The van der Waals surface area contributed by atoms with Gasteiger partial charge in [0.25, 0.3) is 0 Å². The van der Waals surface area contributed by atoms with E-state index in [0.717, 1.165) is 31.2 Å². The van der Waals surface area contributed by atoms with Crippen molar-refractivity contribution in [3.8, 4) is 11.1 Å². The molecule has 1 amide bonds. The number of carbonyl (C=O) groups is 1. The third kappa shape index (κ3) is 5.47. The molecule has 0 unspecified atom stereocenters. The fourth-order valence-corrected chi connectivity index (χ4v) is 5.50. The molecule has 30 heavy (non-hydrogen) atoms. The van der Waals surface area contributed by atoms with Gasteiger partial charge in [-0.25, -0.2) is 13.1 Å². The monoisotopic (exact) mass is 429 g/mol. The second kappa shape index (κ2) is 8.88. The van der Waals surface area contributed by atoms with Gasteiger partial charge in [0.05, 0.1) is 10.8 Å². The predicted molar refractivity (Wildman–Crippen MR) is 121 cm³/mol. The van der Waals surface area contributed by atoms with E-state index in [0.29, 0.717) is 11.3 Å². The van der Waals surface area contributed by atoms with Gasteiger partial charge in [-0.15, -0.1) is 0 Å². The summed E-state index contributed by atoms with van der Waals surface area (Å²) in [7, 11) is -3.68. The van der Waals surface area contributed by atoms with Crippen molar-refractivity contribution >= 4 is 21.6 Å². The number of benzene rings is 2. The minimum atomic E-state index is -3.68. The molecule has 162 valence electrons. The zero-order valence-electron chi connectivity index (χ0n) is 17.8. The van der Waals surface area contributed by atoms with Crippen molar-refractivity contribution in [3.05, 3.63) is 48.5 Å². The number of carbonyl (C=O) groups excluding carboxylic acids is 1. The van der Waals surface area contributed by atoms with Gasteiger partial charge in [0, 0.05) is 22.8 Å². The van der Waals surface area contributed by atoms with Crippen molar-refractivity contribution in [1.82, 2.24) is 4.72 Å². The van der Waals surface area contributed by atoms with Crippen LogP contribution in [0.2, 0.25) is 0 Å². The lowest BCUT2D eigenvalue weighted by atomic mass is 9.84. The molecule has 0 heterocycles. The summed E-state index contributed by atoms with van der Waals surface area (Å²) >= 11 is 0. The third-order valence-electron chi connectivity index (χ3n) is 5.24. The zero-order chi connectivity index (χ0) is 21.9. The predicted octanol–water partition coefficient (Wildman–Crippen LogP) is 3.89. The smallest absolute Gasteiger partial charge is 0.241 e. The Bertz CT molecular complexity index is 995. The Morgan fingerprint density at radius 2 is 1.63 bits per heavy atom. The normalized spacial score (nSPS) is 20.0. The van der Waals surface area contributed by atoms with E-state index in [-0.39, 0.29) is 22.8 Å². The van der Waals surface area contributed by atoms with Crippen molar-refractivity contribution in [2.24, 2.45) is 11.7 Å². The third-order valence-corrected chi connectivity index (χ3v) is 7.05. The van der Waals surface area contributed by atoms with E-state index in [1.54, 1.807) is 30.3 Å². The molecular formula is C23H31N3O3S. The molecule has 1 aliphatic rings. The zero-order valence-corrected chi connectivity index (χ0v) is 18.6. The molecule has 2 aromatic carbocycles. The van der Waals surface area contributed by atoms with E-state index in [4.69, 9.17) is 5.73 Å². The molecule has 0 aromatic heterocycles. The summed E-state index contributed by atoms with van der Waals surface area (Å²) in [4.78, 5) is 12.8. The maximum Gasteiger partial charge on any atom is 0.241 e. The molecule has 7 heteroatoms. The van der Waals surface area contributed by atoms with Crippen LogP contribution >= 0.6 is 0 Å². The first-order valence-electron chi connectivity index (χ1n) is 10.4. The van der Waals surface area contributed by atoms with E-state index in [1.165, 1.54) is 0 Å².